The van der Waals surface area contributed by atoms with Gasteiger partial charge in [-0.15, -0.1) is 0 Å². The van der Waals surface area contributed by atoms with Gasteiger partial charge in [0, 0.05) is 12.5 Å². The van der Waals surface area contributed by atoms with Crippen molar-refractivity contribution in [1.29, 1.82) is 0 Å². The number of hydrogen-bond acceptors (Lipinski definition) is 9. The quantitative estimate of drug-likeness (QED) is 0.0714. The van der Waals surface area contributed by atoms with Crippen LogP contribution in [0.15, 0.2) is 150 Å². The molecule has 292 valence electrons. The lowest BCUT2D eigenvalue weighted by atomic mass is 9.91. The van der Waals surface area contributed by atoms with Crippen molar-refractivity contribution in [2.45, 2.75) is 61.7 Å². The van der Waals surface area contributed by atoms with Crippen molar-refractivity contribution < 1.29 is 41.9 Å². The molecular weight excluding hydrogens is 731 g/mol. The maximum Gasteiger partial charge on any atom is 0.268 e. The highest BCUT2D eigenvalue weighted by atomic mass is 32.2. The van der Waals surface area contributed by atoms with E-state index in [1.165, 1.54) is 3.97 Å². The lowest BCUT2D eigenvalue weighted by Gasteiger charge is -2.45. The SMILES string of the molecule is COCOCCc1c([C@H]2O[C@@H](COCc3ccccc3)[C@H](OCc3ccccc3)[C@@H](OCc3ccccc3)[C@H]2O)n(S(=O)(=O)c2ccccc2)c2ccccc12. The number of aromatic nitrogens is 1. The molecule has 5 atom stereocenters. The Balaban J connectivity index is 1.35. The first kappa shape index (κ1) is 39.5. The molecule has 0 amide bonds. The van der Waals surface area contributed by atoms with Crippen LogP contribution in [0.4, 0.5) is 0 Å². The standard InChI is InChI=1S/C45H47NO9S/c1-50-32-51-27-26-38-37-24-14-15-25-39(37)46(56(48,49)36-22-12-5-13-23-36)41(38)44-42(47)45(54-30-35-20-10-4-11-21-35)43(53-29-34-18-8-3-9-19-34)40(55-44)31-52-28-33-16-6-2-7-17-33/h2-25,40,42-45,47H,26-32H2,1H3/t40-,42-,43-,44+,45-/m0/s1. The average Bonchev–Trinajstić information content (AvgIpc) is 3.57. The lowest BCUT2D eigenvalue weighted by molar-refractivity contribution is -0.264. The summed E-state index contributed by atoms with van der Waals surface area (Å²) in [5, 5.41) is 13.3. The zero-order chi connectivity index (χ0) is 38.7. The normalized spacial score (nSPS) is 20.0. The van der Waals surface area contributed by atoms with E-state index < -0.39 is 40.5 Å². The maximum absolute atomic E-state index is 14.8. The highest BCUT2D eigenvalue weighted by Crippen LogP contribution is 2.42. The van der Waals surface area contributed by atoms with Crippen LogP contribution < -0.4 is 0 Å². The first-order valence-electron chi connectivity index (χ1n) is 18.7. The second kappa shape index (κ2) is 19.0. The average molecular weight is 778 g/mol. The van der Waals surface area contributed by atoms with E-state index in [9.17, 15) is 13.5 Å². The summed E-state index contributed by atoms with van der Waals surface area (Å²) in [6.45, 7) is 1.05. The van der Waals surface area contributed by atoms with Gasteiger partial charge in [0.25, 0.3) is 10.0 Å². The predicted octanol–water partition coefficient (Wildman–Crippen LogP) is 7.23. The largest absolute Gasteiger partial charge is 0.387 e. The molecule has 6 aromatic rings. The van der Waals surface area contributed by atoms with Gasteiger partial charge in [-0.1, -0.05) is 127 Å². The Kier molecular flexibility index (Phi) is 13.4. The number of hydrogen-bond donors (Lipinski definition) is 1. The topological polar surface area (TPSA) is 115 Å². The van der Waals surface area contributed by atoms with Crippen molar-refractivity contribution in [2.24, 2.45) is 0 Å². The number of rotatable bonds is 18. The summed E-state index contributed by atoms with van der Waals surface area (Å²) >= 11 is 0. The van der Waals surface area contributed by atoms with Gasteiger partial charge in [0.15, 0.2) is 0 Å². The van der Waals surface area contributed by atoms with E-state index >= 15 is 0 Å². The zero-order valence-electron chi connectivity index (χ0n) is 31.3. The van der Waals surface area contributed by atoms with Crippen molar-refractivity contribution >= 4 is 20.9 Å². The number of ether oxygens (including phenoxy) is 6. The van der Waals surface area contributed by atoms with E-state index in [-0.39, 0.29) is 43.8 Å². The number of aliphatic hydroxyl groups excluding tert-OH is 1. The summed E-state index contributed by atoms with van der Waals surface area (Å²) in [7, 11) is -2.69. The van der Waals surface area contributed by atoms with Gasteiger partial charge in [0.1, 0.15) is 37.3 Å². The van der Waals surface area contributed by atoms with Gasteiger partial charge < -0.3 is 33.5 Å². The van der Waals surface area contributed by atoms with Gasteiger partial charge in [-0.25, -0.2) is 12.4 Å². The Morgan fingerprint density at radius 3 is 1.80 bits per heavy atom. The van der Waals surface area contributed by atoms with E-state index in [4.69, 9.17) is 28.4 Å². The molecule has 7 rings (SSSR count). The molecule has 5 aromatic carbocycles. The van der Waals surface area contributed by atoms with Crippen molar-refractivity contribution in [3.63, 3.8) is 0 Å². The van der Waals surface area contributed by atoms with Gasteiger partial charge in [-0.05, 0) is 46.9 Å². The summed E-state index contributed by atoms with van der Waals surface area (Å²) < 4.78 is 68.4. The molecule has 1 aliphatic heterocycles. The Labute approximate surface area is 328 Å². The fourth-order valence-electron chi connectivity index (χ4n) is 7.20. The minimum absolute atomic E-state index is 0.0650. The fraction of sp³-hybridized carbons (Fsp3) is 0.289. The number of methoxy groups -OCH3 is 1. The van der Waals surface area contributed by atoms with Crippen molar-refractivity contribution in [2.75, 3.05) is 27.1 Å². The van der Waals surface area contributed by atoms with Gasteiger partial charge in [0.05, 0.1) is 49.1 Å². The molecule has 1 N–H and O–H groups in total. The highest BCUT2D eigenvalue weighted by molar-refractivity contribution is 7.90. The molecule has 11 heteroatoms. The minimum Gasteiger partial charge on any atom is -0.387 e. The summed E-state index contributed by atoms with van der Waals surface area (Å²) in [6, 6.07) is 44.8. The van der Waals surface area contributed by atoms with E-state index in [1.807, 2.05) is 103 Å². The second-order valence-electron chi connectivity index (χ2n) is 13.6. The van der Waals surface area contributed by atoms with Gasteiger partial charge in [0.2, 0.25) is 0 Å². The van der Waals surface area contributed by atoms with Crippen LogP contribution in [0.3, 0.4) is 0 Å². The van der Waals surface area contributed by atoms with Crippen molar-refractivity contribution in [3.8, 4) is 0 Å². The number of para-hydroxylation sites is 1. The molecule has 1 aliphatic rings. The molecule has 1 fully saturated rings. The maximum atomic E-state index is 14.8. The Bertz CT molecular complexity index is 2220. The van der Waals surface area contributed by atoms with Crippen LogP contribution >= 0.6 is 0 Å². The smallest absolute Gasteiger partial charge is 0.268 e. The van der Waals surface area contributed by atoms with E-state index in [0.717, 1.165) is 16.7 Å². The predicted molar refractivity (Wildman–Crippen MR) is 212 cm³/mol. The van der Waals surface area contributed by atoms with E-state index in [1.54, 1.807) is 49.6 Å². The van der Waals surface area contributed by atoms with Crippen molar-refractivity contribution in [1.82, 2.24) is 3.97 Å². The second-order valence-corrected chi connectivity index (χ2v) is 15.4. The summed E-state index contributed by atoms with van der Waals surface area (Å²) in [4.78, 5) is 0.0955. The number of benzene rings is 5. The van der Waals surface area contributed by atoms with Crippen LogP contribution in [0.1, 0.15) is 34.1 Å². The van der Waals surface area contributed by atoms with E-state index in [2.05, 4.69) is 0 Å². The lowest BCUT2D eigenvalue weighted by Crippen LogP contribution is -2.58. The number of fused-ring (bicyclic) bond motifs is 1. The summed E-state index contributed by atoms with van der Waals surface area (Å²) in [5.41, 5.74) is 4.21. The first-order chi connectivity index (χ1) is 27.5. The van der Waals surface area contributed by atoms with Crippen molar-refractivity contribution in [3.05, 3.63) is 174 Å². The first-order valence-corrected chi connectivity index (χ1v) is 20.2. The molecule has 2 heterocycles. The van der Waals surface area contributed by atoms with Crippen LogP contribution in [0.2, 0.25) is 0 Å². The zero-order valence-corrected chi connectivity index (χ0v) is 32.1. The molecule has 0 unspecified atom stereocenters. The summed E-state index contributed by atoms with van der Waals surface area (Å²) in [5.74, 6) is 0. The molecular formula is C45H47NO9S. The molecule has 10 nitrogen and oxygen atoms in total. The molecule has 56 heavy (non-hydrogen) atoms. The molecule has 0 saturated carbocycles. The molecule has 1 aromatic heterocycles. The monoisotopic (exact) mass is 777 g/mol. The van der Waals surface area contributed by atoms with Gasteiger partial charge >= 0.3 is 0 Å². The number of aliphatic hydroxyl groups is 1. The Hall–Kier alpha value is -4.69. The van der Waals surface area contributed by atoms with Gasteiger partial charge in [-0.3, -0.25) is 0 Å². The highest BCUT2D eigenvalue weighted by Gasteiger charge is 2.50. The van der Waals surface area contributed by atoms with Crippen LogP contribution in [-0.2, 0) is 64.7 Å². The molecule has 0 spiro atoms. The Morgan fingerprint density at radius 2 is 1.20 bits per heavy atom. The van der Waals surface area contributed by atoms with Crippen LogP contribution in [0.25, 0.3) is 10.9 Å². The third-order valence-electron chi connectivity index (χ3n) is 9.85. The third-order valence-corrected chi connectivity index (χ3v) is 11.6. The Morgan fingerprint density at radius 1 is 0.661 bits per heavy atom. The molecule has 0 bridgehead atoms. The van der Waals surface area contributed by atoms with Crippen LogP contribution in [0, 0.1) is 0 Å². The summed E-state index contributed by atoms with van der Waals surface area (Å²) in [6.07, 6.45) is -4.83. The van der Waals surface area contributed by atoms with Crippen LogP contribution in [-0.4, -0.2) is 69.0 Å². The molecule has 1 saturated heterocycles. The number of nitrogens with zero attached hydrogens (tertiary/aromatic N) is 1. The van der Waals surface area contributed by atoms with Gasteiger partial charge in [-0.2, -0.15) is 0 Å². The minimum atomic E-state index is -4.23. The molecule has 0 radical (unpaired) electrons. The molecule has 0 aliphatic carbocycles. The fourth-order valence-corrected chi connectivity index (χ4v) is 8.80. The van der Waals surface area contributed by atoms with E-state index in [0.29, 0.717) is 29.5 Å². The third kappa shape index (κ3) is 9.12. The van der Waals surface area contributed by atoms with Crippen LogP contribution in [0.5, 0.6) is 0 Å².